The van der Waals surface area contributed by atoms with Gasteiger partial charge < -0.3 is 10.3 Å². The molecule has 0 unspecified atom stereocenters. The number of halogens is 1. The van der Waals surface area contributed by atoms with Crippen LogP contribution in [-0.4, -0.2) is 21.3 Å². The molecular weight excluding hydrogens is 320 g/mol. The molecule has 2 rings (SSSR count). The first-order chi connectivity index (χ1) is 8.20. The number of nitrogens with two attached hydrogens (primary N) is 1. The van der Waals surface area contributed by atoms with E-state index in [0.29, 0.717) is 6.54 Å². The molecule has 2 aromatic heterocycles. The van der Waals surface area contributed by atoms with Gasteiger partial charge in [0.25, 0.3) is 0 Å². The molecule has 0 aliphatic heterocycles. The lowest BCUT2D eigenvalue weighted by molar-refractivity contribution is 0.627. The Morgan fingerprint density at radius 3 is 3.00 bits per heavy atom. The zero-order chi connectivity index (χ0) is 12.3. The zero-order valence-corrected chi connectivity index (χ0v) is 12.6. The Hall–Kier alpha value is -0.370. The lowest BCUT2D eigenvalue weighted by Gasteiger charge is -2.05. The molecule has 0 amide bonds. The van der Waals surface area contributed by atoms with Crippen LogP contribution in [0.15, 0.2) is 20.4 Å². The number of rotatable bonds is 5. The minimum Gasteiger partial charge on any atom is -0.329 e. The van der Waals surface area contributed by atoms with Gasteiger partial charge in [0, 0.05) is 18.8 Å². The van der Waals surface area contributed by atoms with Crippen molar-refractivity contribution in [1.29, 1.82) is 0 Å². The van der Waals surface area contributed by atoms with Gasteiger partial charge in [-0.3, -0.25) is 0 Å². The fourth-order valence-corrected chi connectivity index (χ4v) is 3.68. The minimum absolute atomic E-state index is 0.608. The molecule has 4 nitrogen and oxygen atoms in total. The minimum atomic E-state index is 0.608. The Morgan fingerprint density at radius 1 is 1.53 bits per heavy atom. The van der Waals surface area contributed by atoms with Gasteiger partial charge in [0.05, 0.1) is 3.79 Å². The molecule has 0 aliphatic carbocycles. The van der Waals surface area contributed by atoms with Crippen molar-refractivity contribution in [2.75, 3.05) is 6.54 Å². The van der Waals surface area contributed by atoms with E-state index in [1.807, 2.05) is 6.92 Å². The first-order valence-electron chi connectivity index (χ1n) is 5.16. The van der Waals surface area contributed by atoms with E-state index in [2.05, 4.69) is 42.1 Å². The van der Waals surface area contributed by atoms with Crippen molar-refractivity contribution in [1.82, 2.24) is 14.8 Å². The van der Waals surface area contributed by atoms with E-state index in [1.165, 1.54) is 5.56 Å². The summed E-state index contributed by atoms with van der Waals surface area (Å²) in [6.07, 6.45) is 0. The van der Waals surface area contributed by atoms with Gasteiger partial charge in [0.1, 0.15) is 5.82 Å². The Kier molecular flexibility index (Phi) is 4.61. The number of thioether (sulfide) groups is 1. The van der Waals surface area contributed by atoms with E-state index in [9.17, 15) is 0 Å². The maximum atomic E-state index is 5.58. The van der Waals surface area contributed by atoms with Crippen LogP contribution in [0.3, 0.4) is 0 Å². The average molecular weight is 333 g/mol. The second-order valence-electron chi connectivity index (χ2n) is 3.52. The summed E-state index contributed by atoms with van der Waals surface area (Å²) in [6.45, 7) is 3.33. The van der Waals surface area contributed by atoms with Crippen molar-refractivity contribution in [3.05, 3.63) is 26.6 Å². The van der Waals surface area contributed by atoms with E-state index >= 15 is 0 Å². The van der Waals surface area contributed by atoms with Crippen molar-refractivity contribution in [2.24, 2.45) is 5.73 Å². The van der Waals surface area contributed by atoms with Crippen molar-refractivity contribution >= 4 is 39.0 Å². The predicted octanol–water partition coefficient (Wildman–Crippen LogP) is 2.66. The van der Waals surface area contributed by atoms with Crippen molar-refractivity contribution in [3.8, 4) is 0 Å². The molecule has 92 valence electrons. The molecule has 0 saturated heterocycles. The Morgan fingerprint density at radius 2 is 2.35 bits per heavy atom. The highest BCUT2D eigenvalue weighted by Gasteiger charge is 2.09. The van der Waals surface area contributed by atoms with Gasteiger partial charge in [0.15, 0.2) is 5.16 Å². The topological polar surface area (TPSA) is 56.7 Å². The molecule has 17 heavy (non-hydrogen) atoms. The van der Waals surface area contributed by atoms with Crippen LogP contribution in [0.2, 0.25) is 0 Å². The summed E-state index contributed by atoms with van der Waals surface area (Å²) in [7, 11) is 0. The lowest BCUT2D eigenvalue weighted by atomic mass is 10.4. The molecule has 0 fully saturated rings. The van der Waals surface area contributed by atoms with Crippen molar-refractivity contribution in [2.45, 2.75) is 24.4 Å². The summed E-state index contributed by atoms with van der Waals surface area (Å²) in [5.41, 5.74) is 6.88. The highest BCUT2D eigenvalue weighted by molar-refractivity contribution is 9.11. The van der Waals surface area contributed by atoms with Gasteiger partial charge in [0.2, 0.25) is 0 Å². The zero-order valence-electron chi connectivity index (χ0n) is 9.39. The van der Waals surface area contributed by atoms with Gasteiger partial charge in [-0.25, -0.2) is 0 Å². The normalized spacial score (nSPS) is 11.0. The van der Waals surface area contributed by atoms with Crippen LogP contribution in [0, 0.1) is 6.92 Å². The van der Waals surface area contributed by atoms with Crippen molar-refractivity contribution in [3.63, 3.8) is 0 Å². The van der Waals surface area contributed by atoms with Crippen LogP contribution in [0.25, 0.3) is 0 Å². The summed E-state index contributed by atoms with van der Waals surface area (Å²) in [5, 5.41) is 11.3. The van der Waals surface area contributed by atoms with Gasteiger partial charge >= 0.3 is 0 Å². The first kappa shape index (κ1) is 13.1. The second-order valence-corrected chi connectivity index (χ2v) is 6.75. The number of thiophene rings is 1. The standard InChI is InChI=1S/C10H13BrN4S2/c1-7-13-14-10(15(7)3-2-12)17-6-8-4-9(11)16-5-8/h4-5H,2-3,6,12H2,1H3. The van der Waals surface area contributed by atoms with Crippen LogP contribution in [0.4, 0.5) is 0 Å². The molecule has 2 aromatic rings. The molecule has 0 atom stereocenters. The number of aromatic nitrogens is 3. The van der Waals surface area contributed by atoms with Gasteiger partial charge in [-0.1, -0.05) is 11.8 Å². The molecule has 0 bridgehead atoms. The summed E-state index contributed by atoms with van der Waals surface area (Å²) in [5.74, 6) is 1.83. The Bertz CT molecular complexity index is 494. The van der Waals surface area contributed by atoms with Crippen LogP contribution in [0.1, 0.15) is 11.4 Å². The SMILES string of the molecule is Cc1nnc(SCc2csc(Br)c2)n1CCN. The highest BCUT2D eigenvalue weighted by Crippen LogP contribution is 2.27. The average Bonchev–Trinajstić information content (AvgIpc) is 2.86. The van der Waals surface area contributed by atoms with Crippen LogP contribution >= 0.6 is 39.0 Å². The molecule has 0 aliphatic rings. The third kappa shape index (κ3) is 3.31. The Balaban J connectivity index is 2.03. The maximum Gasteiger partial charge on any atom is 0.191 e. The fourth-order valence-electron chi connectivity index (χ4n) is 1.42. The summed E-state index contributed by atoms with van der Waals surface area (Å²) in [6, 6.07) is 2.13. The summed E-state index contributed by atoms with van der Waals surface area (Å²) >= 11 is 6.85. The quantitative estimate of drug-likeness (QED) is 0.855. The lowest BCUT2D eigenvalue weighted by Crippen LogP contribution is -2.12. The molecule has 0 radical (unpaired) electrons. The van der Waals surface area contributed by atoms with Gasteiger partial charge in [-0.05, 0) is 39.9 Å². The van der Waals surface area contributed by atoms with E-state index in [0.717, 1.165) is 27.1 Å². The number of hydrogen-bond acceptors (Lipinski definition) is 5. The van der Waals surface area contributed by atoms with E-state index < -0.39 is 0 Å². The molecule has 2 N–H and O–H groups in total. The van der Waals surface area contributed by atoms with Crippen LogP contribution in [-0.2, 0) is 12.3 Å². The highest BCUT2D eigenvalue weighted by atomic mass is 79.9. The third-order valence-corrected chi connectivity index (χ3v) is 4.84. The smallest absolute Gasteiger partial charge is 0.191 e. The molecule has 7 heteroatoms. The molecule has 0 spiro atoms. The van der Waals surface area contributed by atoms with E-state index in [4.69, 9.17) is 5.73 Å². The molecular formula is C10H13BrN4S2. The van der Waals surface area contributed by atoms with E-state index in [-0.39, 0.29) is 0 Å². The maximum absolute atomic E-state index is 5.58. The summed E-state index contributed by atoms with van der Waals surface area (Å²) in [4.78, 5) is 0. The third-order valence-electron chi connectivity index (χ3n) is 2.24. The summed E-state index contributed by atoms with van der Waals surface area (Å²) < 4.78 is 3.22. The molecule has 0 aromatic carbocycles. The predicted molar refractivity (Wildman–Crippen MR) is 75.4 cm³/mol. The Labute approximate surface area is 117 Å². The largest absolute Gasteiger partial charge is 0.329 e. The molecule has 2 heterocycles. The van der Waals surface area contributed by atoms with Crippen molar-refractivity contribution < 1.29 is 0 Å². The number of hydrogen-bond donors (Lipinski definition) is 1. The van der Waals surface area contributed by atoms with Crippen LogP contribution in [0.5, 0.6) is 0 Å². The van der Waals surface area contributed by atoms with Gasteiger partial charge in [-0.2, -0.15) is 0 Å². The monoisotopic (exact) mass is 332 g/mol. The first-order valence-corrected chi connectivity index (χ1v) is 7.82. The number of nitrogens with zero attached hydrogens (tertiary/aromatic N) is 3. The number of aryl methyl sites for hydroxylation is 1. The van der Waals surface area contributed by atoms with E-state index in [1.54, 1.807) is 23.1 Å². The van der Waals surface area contributed by atoms with Gasteiger partial charge in [-0.15, -0.1) is 21.5 Å². The van der Waals surface area contributed by atoms with Crippen LogP contribution < -0.4 is 5.73 Å². The molecule has 0 saturated carbocycles. The fraction of sp³-hybridized carbons (Fsp3) is 0.400. The second kappa shape index (κ2) is 5.99.